The number of H-pyrrole nitrogens is 1. The van der Waals surface area contributed by atoms with Gasteiger partial charge in [-0.1, -0.05) is 17.7 Å². The Morgan fingerprint density at radius 3 is 2.76 bits per heavy atom. The number of carbonyl (C=O) groups is 1. The standard InChI is InChI=1S/C16H18N2O3/c1-11-6-7-14(21-3)12(9-11)10-18(2)16(20)13-5-4-8-17-15(13)19/h4-9H,10H2,1-3H3,(H,17,19). The summed E-state index contributed by atoms with van der Waals surface area (Å²) in [6, 6.07) is 8.95. The van der Waals surface area contributed by atoms with E-state index in [1.54, 1.807) is 20.2 Å². The summed E-state index contributed by atoms with van der Waals surface area (Å²) in [5, 5.41) is 0. The number of hydrogen-bond donors (Lipinski definition) is 1. The van der Waals surface area contributed by atoms with Gasteiger partial charge in [-0.15, -0.1) is 0 Å². The molecule has 1 amide bonds. The van der Waals surface area contributed by atoms with Crippen LogP contribution in [0, 0.1) is 6.92 Å². The molecule has 1 aromatic carbocycles. The molecule has 0 saturated carbocycles. The second-order valence-corrected chi connectivity index (χ2v) is 4.89. The third-order valence-corrected chi connectivity index (χ3v) is 3.24. The number of carbonyl (C=O) groups excluding carboxylic acids is 1. The maximum Gasteiger partial charge on any atom is 0.260 e. The van der Waals surface area contributed by atoms with E-state index in [4.69, 9.17) is 4.74 Å². The minimum Gasteiger partial charge on any atom is -0.496 e. The van der Waals surface area contributed by atoms with Crippen molar-refractivity contribution in [1.29, 1.82) is 0 Å². The average molecular weight is 286 g/mol. The van der Waals surface area contributed by atoms with Crippen molar-refractivity contribution in [3.63, 3.8) is 0 Å². The molecule has 0 atom stereocenters. The average Bonchev–Trinajstić information content (AvgIpc) is 2.47. The molecule has 0 aliphatic rings. The van der Waals surface area contributed by atoms with E-state index in [-0.39, 0.29) is 17.0 Å². The Hall–Kier alpha value is -2.56. The minimum atomic E-state index is -0.384. The van der Waals surface area contributed by atoms with Crippen molar-refractivity contribution in [3.05, 3.63) is 63.6 Å². The highest BCUT2D eigenvalue weighted by atomic mass is 16.5. The molecule has 5 heteroatoms. The lowest BCUT2D eigenvalue weighted by molar-refractivity contribution is 0.0782. The molecule has 0 aliphatic carbocycles. The number of nitrogens with one attached hydrogen (secondary N) is 1. The molecule has 0 radical (unpaired) electrons. The number of nitrogens with zero attached hydrogens (tertiary/aromatic N) is 1. The molecule has 0 fully saturated rings. The zero-order valence-electron chi connectivity index (χ0n) is 12.3. The van der Waals surface area contributed by atoms with E-state index in [0.29, 0.717) is 6.54 Å². The van der Waals surface area contributed by atoms with Crippen LogP contribution in [0.25, 0.3) is 0 Å². The number of pyridine rings is 1. The van der Waals surface area contributed by atoms with Crippen molar-refractivity contribution in [2.75, 3.05) is 14.2 Å². The van der Waals surface area contributed by atoms with Crippen LogP contribution in [0.5, 0.6) is 5.75 Å². The maximum atomic E-state index is 12.3. The van der Waals surface area contributed by atoms with E-state index in [1.807, 2.05) is 25.1 Å². The number of hydrogen-bond acceptors (Lipinski definition) is 3. The number of methoxy groups -OCH3 is 1. The molecule has 0 saturated heterocycles. The van der Waals surface area contributed by atoms with Crippen LogP contribution in [-0.2, 0) is 6.54 Å². The molecule has 5 nitrogen and oxygen atoms in total. The van der Waals surface area contributed by atoms with Gasteiger partial charge in [0.1, 0.15) is 11.3 Å². The SMILES string of the molecule is COc1ccc(C)cc1CN(C)C(=O)c1ccc[nH]c1=O. The van der Waals surface area contributed by atoms with Gasteiger partial charge in [0, 0.05) is 25.4 Å². The summed E-state index contributed by atoms with van der Waals surface area (Å²) in [6.45, 7) is 2.35. The predicted octanol–water partition coefficient (Wildman–Crippen LogP) is 1.96. The molecule has 1 heterocycles. The van der Waals surface area contributed by atoms with Crippen molar-refractivity contribution in [3.8, 4) is 5.75 Å². The summed E-state index contributed by atoms with van der Waals surface area (Å²) in [4.78, 5) is 28.0. The van der Waals surface area contributed by atoms with Gasteiger partial charge in [0.25, 0.3) is 11.5 Å². The maximum absolute atomic E-state index is 12.3. The summed E-state index contributed by atoms with van der Waals surface area (Å²) < 4.78 is 5.30. The first kappa shape index (κ1) is 14.8. The van der Waals surface area contributed by atoms with Gasteiger partial charge < -0.3 is 14.6 Å². The number of amides is 1. The molecule has 2 aromatic rings. The topological polar surface area (TPSA) is 62.4 Å². The van der Waals surface area contributed by atoms with E-state index in [9.17, 15) is 9.59 Å². The van der Waals surface area contributed by atoms with Crippen LogP contribution in [0.1, 0.15) is 21.5 Å². The van der Waals surface area contributed by atoms with E-state index >= 15 is 0 Å². The fraction of sp³-hybridized carbons (Fsp3) is 0.250. The fourth-order valence-corrected chi connectivity index (χ4v) is 2.15. The van der Waals surface area contributed by atoms with Crippen LogP contribution in [0.15, 0.2) is 41.3 Å². The van der Waals surface area contributed by atoms with Gasteiger partial charge in [-0.25, -0.2) is 0 Å². The third-order valence-electron chi connectivity index (χ3n) is 3.24. The number of aromatic nitrogens is 1. The lowest BCUT2D eigenvalue weighted by Crippen LogP contribution is -2.31. The molecule has 0 bridgehead atoms. The largest absolute Gasteiger partial charge is 0.496 e. The molecule has 0 aliphatic heterocycles. The van der Waals surface area contributed by atoms with Gasteiger partial charge in [-0.3, -0.25) is 9.59 Å². The lowest BCUT2D eigenvalue weighted by atomic mass is 10.1. The summed E-state index contributed by atoms with van der Waals surface area (Å²) in [5.74, 6) is 0.405. The molecule has 1 N–H and O–H groups in total. The molecule has 0 unspecified atom stereocenters. The van der Waals surface area contributed by atoms with E-state index < -0.39 is 0 Å². The van der Waals surface area contributed by atoms with Crippen LogP contribution >= 0.6 is 0 Å². The summed E-state index contributed by atoms with van der Waals surface area (Å²) in [7, 11) is 3.26. The van der Waals surface area contributed by atoms with Crippen molar-refractivity contribution >= 4 is 5.91 Å². The molecule has 1 aromatic heterocycles. The Labute approximate surface area is 123 Å². The highest BCUT2D eigenvalue weighted by molar-refractivity contribution is 5.93. The molecular formula is C16H18N2O3. The minimum absolute atomic E-state index is 0.131. The Morgan fingerprint density at radius 2 is 2.10 bits per heavy atom. The summed E-state index contributed by atoms with van der Waals surface area (Å²) in [5.41, 5.74) is 1.74. The molecule has 0 spiro atoms. The van der Waals surface area contributed by atoms with Gasteiger partial charge in [-0.05, 0) is 25.1 Å². The van der Waals surface area contributed by atoms with Crippen LogP contribution in [0.2, 0.25) is 0 Å². The Morgan fingerprint density at radius 1 is 1.33 bits per heavy atom. The van der Waals surface area contributed by atoms with Crippen LogP contribution in [0.4, 0.5) is 0 Å². The number of ether oxygens (including phenoxy) is 1. The first-order chi connectivity index (χ1) is 10.0. The molecular weight excluding hydrogens is 268 g/mol. The predicted molar refractivity (Wildman–Crippen MR) is 80.6 cm³/mol. The highest BCUT2D eigenvalue weighted by Crippen LogP contribution is 2.21. The van der Waals surface area contributed by atoms with E-state index in [2.05, 4.69) is 4.98 Å². The Balaban J connectivity index is 2.24. The van der Waals surface area contributed by atoms with Gasteiger partial charge in [0.05, 0.1) is 7.11 Å². The monoisotopic (exact) mass is 286 g/mol. The highest BCUT2D eigenvalue weighted by Gasteiger charge is 2.16. The van der Waals surface area contributed by atoms with E-state index in [1.165, 1.54) is 17.2 Å². The van der Waals surface area contributed by atoms with E-state index in [0.717, 1.165) is 16.9 Å². The first-order valence-corrected chi connectivity index (χ1v) is 6.59. The van der Waals surface area contributed by atoms with Crippen molar-refractivity contribution in [2.45, 2.75) is 13.5 Å². The Bertz CT molecular complexity index is 707. The molecule has 21 heavy (non-hydrogen) atoms. The first-order valence-electron chi connectivity index (χ1n) is 6.59. The van der Waals surface area contributed by atoms with Crippen LogP contribution in [-0.4, -0.2) is 29.9 Å². The van der Waals surface area contributed by atoms with Gasteiger partial charge in [0.2, 0.25) is 0 Å². The Kier molecular flexibility index (Phi) is 4.42. The fourth-order valence-electron chi connectivity index (χ4n) is 2.15. The summed E-state index contributed by atoms with van der Waals surface area (Å²) in [6.07, 6.45) is 1.50. The molecule has 2 rings (SSSR count). The van der Waals surface area contributed by atoms with Gasteiger partial charge in [0.15, 0.2) is 0 Å². The van der Waals surface area contributed by atoms with Crippen LogP contribution in [0.3, 0.4) is 0 Å². The lowest BCUT2D eigenvalue weighted by Gasteiger charge is -2.19. The van der Waals surface area contributed by atoms with Crippen molar-refractivity contribution < 1.29 is 9.53 Å². The summed E-state index contributed by atoms with van der Waals surface area (Å²) >= 11 is 0. The smallest absolute Gasteiger partial charge is 0.260 e. The molecule has 110 valence electrons. The van der Waals surface area contributed by atoms with Gasteiger partial charge >= 0.3 is 0 Å². The quantitative estimate of drug-likeness (QED) is 0.934. The zero-order valence-corrected chi connectivity index (χ0v) is 12.3. The van der Waals surface area contributed by atoms with Crippen molar-refractivity contribution in [1.82, 2.24) is 9.88 Å². The third kappa shape index (κ3) is 3.31. The number of aromatic amines is 1. The van der Waals surface area contributed by atoms with Crippen molar-refractivity contribution in [2.24, 2.45) is 0 Å². The zero-order chi connectivity index (χ0) is 15.4. The normalized spacial score (nSPS) is 10.2. The number of benzene rings is 1. The van der Waals surface area contributed by atoms with Gasteiger partial charge in [-0.2, -0.15) is 0 Å². The number of aryl methyl sites for hydroxylation is 1. The number of rotatable bonds is 4. The van der Waals surface area contributed by atoms with Crippen LogP contribution < -0.4 is 10.3 Å². The second-order valence-electron chi connectivity index (χ2n) is 4.89. The second kappa shape index (κ2) is 6.26.